The zero-order valence-corrected chi connectivity index (χ0v) is 20.6. The van der Waals surface area contributed by atoms with E-state index in [1.165, 1.54) is 31.6 Å². The van der Waals surface area contributed by atoms with Crippen molar-refractivity contribution in [3.8, 4) is 11.5 Å². The summed E-state index contributed by atoms with van der Waals surface area (Å²) in [5, 5.41) is 3.21. The van der Waals surface area contributed by atoms with Gasteiger partial charge in [0, 0.05) is 42.1 Å². The standard InChI is InChI=1S/C26H24ClF3N4O3/c1-3-24(35)34-15-5-6-16(34)10-17(9-15)37-23-11-18-21(12-22(23)36-2)31-13-32-25(18)33-14-4-7-19(20(27)8-14)26(28,29)30/h3-4,7-8,11-13,15-17H,1,5-6,9-10H2,2H3,(H,31,32,33)/t15-,16+,17-. The van der Waals surface area contributed by atoms with E-state index in [4.69, 9.17) is 21.1 Å². The van der Waals surface area contributed by atoms with Crippen LogP contribution in [0, 0.1) is 0 Å². The van der Waals surface area contributed by atoms with Crippen LogP contribution in [0.4, 0.5) is 24.7 Å². The Morgan fingerprint density at radius 3 is 2.51 bits per heavy atom. The molecule has 2 saturated heterocycles. The fraction of sp³-hybridized carbons (Fsp3) is 0.346. The van der Waals surface area contributed by atoms with E-state index in [9.17, 15) is 18.0 Å². The van der Waals surface area contributed by atoms with Crippen LogP contribution in [-0.2, 0) is 11.0 Å². The number of hydrogen-bond acceptors (Lipinski definition) is 6. The molecular formula is C26H24ClF3N4O3. The molecule has 3 aromatic rings. The van der Waals surface area contributed by atoms with E-state index >= 15 is 0 Å². The molecule has 2 aromatic carbocycles. The van der Waals surface area contributed by atoms with Crippen molar-refractivity contribution in [2.45, 2.75) is 50.0 Å². The average molecular weight is 533 g/mol. The van der Waals surface area contributed by atoms with Gasteiger partial charge in [-0.05, 0) is 43.2 Å². The zero-order valence-electron chi connectivity index (χ0n) is 19.9. The van der Waals surface area contributed by atoms with Gasteiger partial charge in [-0.2, -0.15) is 13.2 Å². The molecule has 3 atom stereocenters. The minimum absolute atomic E-state index is 0.0505. The van der Waals surface area contributed by atoms with Crippen molar-refractivity contribution >= 4 is 39.9 Å². The molecule has 0 unspecified atom stereocenters. The van der Waals surface area contributed by atoms with Crippen molar-refractivity contribution < 1.29 is 27.4 Å². The first-order valence-electron chi connectivity index (χ1n) is 11.8. The third-order valence-electron chi connectivity index (χ3n) is 6.87. The summed E-state index contributed by atoms with van der Waals surface area (Å²) in [6.45, 7) is 3.61. The molecule has 1 N–H and O–H groups in total. The van der Waals surface area contributed by atoms with Gasteiger partial charge < -0.3 is 19.7 Å². The highest BCUT2D eigenvalue weighted by molar-refractivity contribution is 6.31. The lowest BCUT2D eigenvalue weighted by Crippen LogP contribution is -2.48. The maximum Gasteiger partial charge on any atom is 0.417 e. The van der Waals surface area contributed by atoms with Crippen LogP contribution >= 0.6 is 11.6 Å². The summed E-state index contributed by atoms with van der Waals surface area (Å²) in [5.41, 5.74) is -0.0132. The van der Waals surface area contributed by atoms with Crippen LogP contribution in [0.1, 0.15) is 31.2 Å². The number of anilines is 2. The van der Waals surface area contributed by atoms with Gasteiger partial charge >= 0.3 is 6.18 Å². The van der Waals surface area contributed by atoms with Crippen molar-refractivity contribution in [1.29, 1.82) is 0 Å². The predicted molar refractivity (Wildman–Crippen MR) is 133 cm³/mol. The first-order chi connectivity index (χ1) is 17.7. The number of methoxy groups -OCH3 is 1. The topological polar surface area (TPSA) is 76.6 Å². The summed E-state index contributed by atoms with van der Waals surface area (Å²) in [6, 6.07) is 7.10. The third kappa shape index (κ3) is 4.90. The van der Waals surface area contributed by atoms with Gasteiger partial charge in [-0.1, -0.05) is 18.2 Å². The summed E-state index contributed by atoms with van der Waals surface area (Å²) >= 11 is 5.88. The number of nitrogens with zero attached hydrogens (tertiary/aromatic N) is 3. The summed E-state index contributed by atoms with van der Waals surface area (Å²) in [7, 11) is 1.54. The Morgan fingerprint density at radius 2 is 1.89 bits per heavy atom. The molecule has 194 valence electrons. The zero-order chi connectivity index (χ0) is 26.3. The molecule has 0 spiro atoms. The van der Waals surface area contributed by atoms with Crippen LogP contribution in [0.25, 0.3) is 10.9 Å². The number of fused-ring (bicyclic) bond motifs is 3. The Labute approximate surface area is 216 Å². The van der Waals surface area contributed by atoms with E-state index < -0.39 is 16.8 Å². The number of benzene rings is 2. The number of alkyl halides is 3. The lowest BCUT2D eigenvalue weighted by molar-refractivity contribution is -0.137. The average Bonchev–Trinajstić information content (AvgIpc) is 3.13. The Bertz CT molecular complexity index is 1350. The molecule has 1 amide bonds. The van der Waals surface area contributed by atoms with Crippen LogP contribution < -0.4 is 14.8 Å². The lowest BCUT2D eigenvalue weighted by atomic mass is 9.99. The van der Waals surface area contributed by atoms with E-state index in [-0.39, 0.29) is 24.1 Å². The minimum atomic E-state index is -4.55. The molecule has 1 aromatic heterocycles. The number of aromatic nitrogens is 2. The highest BCUT2D eigenvalue weighted by atomic mass is 35.5. The molecule has 2 aliphatic rings. The number of piperidine rings is 1. The van der Waals surface area contributed by atoms with Crippen molar-refractivity contribution in [2.75, 3.05) is 12.4 Å². The fourth-order valence-electron chi connectivity index (χ4n) is 5.24. The molecule has 3 heterocycles. The van der Waals surface area contributed by atoms with Crippen molar-refractivity contribution in [3.05, 3.63) is 59.9 Å². The van der Waals surface area contributed by atoms with Crippen LogP contribution in [0.5, 0.6) is 11.5 Å². The number of ether oxygens (including phenoxy) is 2. The molecule has 2 fully saturated rings. The summed E-state index contributed by atoms with van der Waals surface area (Å²) < 4.78 is 51.2. The Hall–Kier alpha value is -3.53. The lowest BCUT2D eigenvalue weighted by Gasteiger charge is -2.38. The highest BCUT2D eigenvalue weighted by Gasteiger charge is 2.43. The monoisotopic (exact) mass is 532 g/mol. The van der Waals surface area contributed by atoms with Crippen LogP contribution in [-0.4, -0.2) is 46.1 Å². The second-order valence-corrected chi connectivity index (χ2v) is 9.51. The quantitative estimate of drug-likeness (QED) is 0.384. The predicted octanol–water partition coefficient (Wildman–Crippen LogP) is 6.14. The Morgan fingerprint density at radius 1 is 1.16 bits per heavy atom. The van der Waals surface area contributed by atoms with E-state index in [0.717, 1.165) is 18.9 Å². The Kier molecular flexibility index (Phi) is 6.61. The largest absolute Gasteiger partial charge is 0.493 e. The van der Waals surface area contributed by atoms with E-state index in [1.54, 1.807) is 12.1 Å². The highest BCUT2D eigenvalue weighted by Crippen LogP contribution is 2.41. The van der Waals surface area contributed by atoms with E-state index in [2.05, 4.69) is 21.9 Å². The van der Waals surface area contributed by atoms with Gasteiger partial charge in [0.05, 0.1) is 23.2 Å². The number of carbonyl (C=O) groups excluding carboxylic acids is 1. The normalized spacial score (nSPS) is 21.1. The molecule has 0 radical (unpaired) electrons. The number of nitrogens with one attached hydrogen (secondary N) is 1. The Balaban J connectivity index is 1.42. The van der Waals surface area contributed by atoms with Crippen molar-refractivity contribution in [2.24, 2.45) is 0 Å². The van der Waals surface area contributed by atoms with Crippen LogP contribution in [0.15, 0.2) is 49.3 Å². The SMILES string of the molecule is C=CC(=O)N1[C@@H]2CC[C@H]1C[C@H](Oc1cc3c(Nc4ccc(C(F)(F)F)c(Cl)c4)ncnc3cc1OC)C2. The minimum Gasteiger partial charge on any atom is -0.493 e. The summed E-state index contributed by atoms with van der Waals surface area (Å²) in [4.78, 5) is 22.8. The first kappa shape index (κ1) is 25.1. The molecule has 2 bridgehead atoms. The molecule has 7 nitrogen and oxygen atoms in total. The molecule has 2 aliphatic heterocycles. The number of amides is 1. The van der Waals surface area contributed by atoms with Gasteiger partial charge in [-0.25, -0.2) is 9.97 Å². The van der Waals surface area contributed by atoms with Gasteiger partial charge in [0.2, 0.25) is 5.91 Å². The summed E-state index contributed by atoms with van der Waals surface area (Å²) in [6.07, 6.45) is 1.28. The molecular weight excluding hydrogens is 509 g/mol. The number of carbonyl (C=O) groups is 1. The van der Waals surface area contributed by atoms with E-state index in [0.29, 0.717) is 46.7 Å². The second kappa shape index (κ2) is 9.74. The van der Waals surface area contributed by atoms with Crippen LogP contribution in [0.2, 0.25) is 5.02 Å². The van der Waals surface area contributed by atoms with Gasteiger partial charge in [0.15, 0.2) is 11.5 Å². The number of halogens is 4. The maximum absolute atomic E-state index is 13.1. The van der Waals surface area contributed by atoms with Crippen LogP contribution in [0.3, 0.4) is 0 Å². The molecule has 0 aliphatic carbocycles. The first-order valence-corrected chi connectivity index (χ1v) is 12.1. The molecule has 0 saturated carbocycles. The summed E-state index contributed by atoms with van der Waals surface area (Å²) in [5.74, 6) is 1.31. The third-order valence-corrected chi connectivity index (χ3v) is 7.18. The molecule has 37 heavy (non-hydrogen) atoms. The number of rotatable bonds is 6. The smallest absolute Gasteiger partial charge is 0.417 e. The maximum atomic E-state index is 13.1. The van der Waals surface area contributed by atoms with Gasteiger partial charge in [0.25, 0.3) is 0 Å². The van der Waals surface area contributed by atoms with E-state index in [1.807, 2.05) is 4.90 Å². The van der Waals surface area contributed by atoms with Gasteiger partial charge in [-0.3, -0.25) is 4.79 Å². The fourth-order valence-corrected chi connectivity index (χ4v) is 5.53. The molecule has 5 rings (SSSR count). The van der Waals surface area contributed by atoms with Gasteiger partial charge in [-0.15, -0.1) is 0 Å². The van der Waals surface area contributed by atoms with Crippen molar-refractivity contribution in [3.63, 3.8) is 0 Å². The second-order valence-electron chi connectivity index (χ2n) is 9.11. The molecule has 11 heteroatoms. The number of hydrogen-bond donors (Lipinski definition) is 1. The van der Waals surface area contributed by atoms with Gasteiger partial charge in [0.1, 0.15) is 18.2 Å². The van der Waals surface area contributed by atoms with Crippen molar-refractivity contribution in [1.82, 2.24) is 14.9 Å².